The third-order valence-electron chi connectivity index (χ3n) is 2.75. The van der Waals surface area contributed by atoms with E-state index in [1.807, 2.05) is 0 Å². The zero-order valence-electron chi connectivity index (χ0n) is 10.2. The Morgan fingerprint density at radius 3 is 2.50 bits per heavy atom. The number of amides is 1. The van der Waals surface area contributed by atoms with E-state index in [-0.39, 0.29) is 17.9 Å². The van der Waals surface area contributed by atoms with Crippen molar-refractivity contribution in [2.45, 2.75) is 25.3 Å². The number of carbonyl (C=O) groups excluding carboxylic acids is 2. The zero-order valence-corrected chi connectivity index (χ0v) is 10.2. The fourth-order valence-electron chi connectivity index (χ4n) is 1.56. The molecular formula is C11H20N2O3. The normalized spacial score (nSPS) is 16.7. The first-order chi connectivity index (χ1) is 7.56. The monoisotopic (exact) mass is 228 g/mol. The SMILES string of the molecule is COC(=O)C(NCCC(=O)N(C)C)C1CC1. The van der Waals surface area contributed by atoms with Gasteiger partial charge in [-0.25, -0.2) is 0 Å². The number of nitrogens with zero attached hydrogens (tertiary/aromatic N) is 1. The van der Waals surface area contributed by atoms with Crippen LogP contribution in [0.2, 0.25) is 0 Å². The molecule has 0 heterocycles. The van der Waals surface area contributed by atoms with Gasteiger partial charge < -0.3 is 15.0 Å². The topological polar surface area (TPSA) is 58.6 Å². The standard InChI is InChI=1S/C11H20N2O3/c1-13(2)9(14)6-7-12-10(8-4-5-8)11(15)16-3/h8,10,12H,4-7H2,1-3H3. The number of esters is 1. The van der Waals surface area contributed by atoms with Crippen molar-refractivity contribution in [3.63, 3.8) is 0 Å². The van der Waals surface area contributed by atoms with E-state index in [2.05, 4.69) is 5.32 Å². The first kappa shape index (κ1) is 13.0. The zero-order chi connectivity index (χ0) is 12.1. The minimum atomic E-state index is -0.236. The van der Waals surface area contributed by atoms with Crippen molar-refractivity contribution in [2.24, 2.45) is 5.92 Å². The van der Waals surface area contributed by atoms with Crippen LogP contribution in [0.4, 0.5) is 0 Å². The van der Waals surface area contributed by atoms with Crippen LogP contribution in [0, 0.1) is 5.92 Å². The summed E-state index contributed by atoms with van der Waals surface area (Å²) >= 11 is 0. The molecule has 92 valence electrons. The van der Waals surface area contributed by atoms with E-state index in [0.717, 1.165) is 12.8 Å². The van der Waals surface area contributed by atoms with Crippen molar-refractivity contribution >= 4 is 11.9 Å². The van der Waals surface area contributed by atoms with Crippen molar-refractivity contribution in [2.75, 3.05) is 27.7 Å². The van der Waals surface area contributed by atoms with Gasteiger partial charge in [-0.3, -0.25) is 9.59 Å². The first-order valence-corrected chi connectivity index (χ1v) is 5.57. The molecule has 0 aromatic carbocycles. The van der Waals surface area contributed by atoms with Gasteiger partial charge in [0.15, 0.2) is 0 Å². The maximum absolute atomic E-state index is 11.4. The van der Waals surface area contributed by atoms with Crippen LogP contribution in [0.1, 0.15) is 19.3 Å². The molecule has 1 N–H and O–H groups in total. The second kappa shape index (κ2) is 5.84. The van der Waals surface area contributed by atoms with E-state index in [9.17, 15) is 9.59 Å². The summed E-state index contributed by atoms with van der Waals surface area (Å²) in [5.41, 5.74) is 0. The Balaban J connectivity index is 2.28. The summed E-state index contributed by atoms with van der Waals surface area (Å²) in [5, 5.41) is 3.10. The van der Waals surface area contributed by atoms with Crippen LogP contribution in [0.3, 0.4) is 0 Å². The van der Waals surface area contributed by atoms with E-state index >= 15 is 0 Å². The van der Waals surface area contributed by atoms with Gasteiger partial charge in [-0.2, -0.15) is 0 Å². The summed E-state index contributed by atoms with van der Waals surface area (Å²) in [4.78, 5) is 24.3. The van der Waals surface area contributed by atoms with Gasteiger partial charge in [0.05, 0.1) is 7.11 Å². The van der Waals surface area contributed by atoms with Gasteiger partial charge >= 0.3 is 5.97 Å². The van der Waals surface area contributed by atoms with Gasteiger partial charge in [0.25, 0.3) is 0 Å². The van der Waals surface area contributed by atoms with Crippen molar-refractivity contribution in [1.29, 1.82) is 0 Å². The summed E-state index contributed by atoms with van der Waals surface area (Å²) < 4.78 is 4.72. The van der Waals surface area contributed by atoms with E-state index in [0.29, 0.717) is 18.9 Å². The average Bonchev–Trinajstić information content (AvgIpc) is 3.06. The van der Waals surface area contributed by atoms with Crippen LogP contribution in [-0.4, -0.2) is 50.6 Å². The van der Waals surface area contributed by atoms with Crippen LogP contribution < -0.4 is 5.32 Å². The highest BCUT2D eigenvalue weighted by atomic mass is 16.5. The number of carbonyl (C=O) groups is 2. The molecule has 1 saturated carbocycles. The molecule has 1 fully saturated rings. The lowest BCUT2D eigenvalue weighted by Crippen LogP contribution is -2.41. The molecule has 1 aliphatic carbocycles. The highest BCUT2D eigenvalue weighted by Gasteiger charge is 2.36. The van der Waals surface area contributed by atoms with E-state index in [1.54, 1.807) is 19.0 Å². The average molecular weight is 228 g/mol. The molecule has 0 saturated heterocycles. The number of methoxy groups -OCH3 is 1. The maximum atomic E-state index is 11.4. The van der Waals surface area contributed by atoms with E-state index in [4.69, 9.17) is 4.74 Å². The van der Waals surface area contributed by atoms with Gasteiger partial charge in [-0.1, -0.05) is 0 Å². The molecule has 0 radical (unpaired) electrons. The van der Waals surface area contributed by atoms with E-state index < -0.39 is 0 Å². The molecule has 5 nitrogen and oxygen atoms in total. The van der Waals surface area contributed by atoms with Crippen LogP contribution >= 0.6 is 0 Å². The van der Waals surface area contributed by atoms with Crippen molar-refractivity contribution in [1.82, 2.24) is 10.2 Å². The van der Waals surface area contributed by atoms with Crippen LogP contribution in [0.15, 0.2) is 0 Å². The van der Waals surface area contributed by atoms with Crippen LogP contribution in [-0.2, 0) is 14.3 Å². The summed E-state index contributed by atoms with van der Waals surface area (Å²) in [6.07, 6.45) is 2.54. The summed E-state index contributed by atoms with van der Waals surface area (Å²) in [6, 6.07) is -0.236. The predicted octanol–water partition coefficient (Wildman–Crippen LogP) is 0.00590. The number of hydrogen-bond donors (Lipinski definition) is 1. The maximum Gasteiger partial charge on any atom is 0.323 e. The Bertz CT molecular complexity index is 262. The smallest absolute Gasteiger partial charge is 0.323 e. The van der Waals surface area contributed by atoms with Gasteiger partial charge in [0.1, 0.15) is 6.04 Å². The molecule has 5 heteroatoms. The van der Waals surface area contributed by atoms with Crippen molar-refractivity contribution in [3.8, 4) is 0 Å². The molecule has 0 aromatic heterocycles. The number of ether oxygens (including phenoxy) is 1. The molecule has 1 rings (SSSR count). The predicted molar refractivity (Wildman–Crippen MR) is 59.8 cm³/mol. The second-order valence-corrected chi connectivity index (χ2v) is 4.33. The van der Waals surface area contributed by atoms with Gasteiger partial charge in [-0.05, 0) is 18.8 Å². The van der Waals surface area contributed by atoms with Gasteiger partial charge in [0, 0.05) is 27.1 Å². The fraction of sp³-hybridized carbons (Fsp3) is 0.818. The lowest BCUT2D eigenvalue weighted by atomic mass is 10.2. The minimum absolute atomic E-state index is 0.0620. The van der Waals surface area contributed by atoms with E-state index in [1.165, 1.54) is 7.11 Å². The quantitative estimate of drug-likeness (QED) is 0.650. The molecule has 1 amide bonds. The first-order valence-electron chi connectivity index (χ1n) is 5.57. The summed E-state index contributed by atoms with van der Waals surface area (Å²) in [6.45, 7) is 0.521. The Kier molecular flexibility index (Phi) is 4.73. The lowest BCUT2D eigenvalue weighted by molar-refractivity contribution is -0.144. The fourth-order valence-corrected chi connectivity index (χ4v) is 1.56. The molecule has 1 atom stereocenters. The lowest BCUT2D eigenvalue weighted by Gasteiger charge is -2.16. The Hall–Kier alpha value is -1.10. The van der Waals surface area contributed by atoms with Crippen molar-refractivity contribution in [3.05, 3.63) is 0 Å². The third kappa shape index (κ3) is 3.81. The molecule has 0 spiro atoms. The second-order valence-electron chi connectivity index (χ2n) is 4.33. The van der Waals surface area contributed by atoms with Gasteiger partial charge in [-0.15, -0.1) is 0 Å². The van der Waals surface area contributed by atoms with Crippen molar-refractivity contribution < 1.29 is 14.3 Å². The van der Waals surface area contributed by atoms with Crippen LogP contribution in [0.25, 0.3) is 0 Å². The van der Waals surface area contributed by atoms with Crippen LogP contribution in [0.5, 0.6) is 0 Å². The molecule has 0 bridgehead atoms. The highest BCUT2D eigenvalue weighted by molar-refractivity contribution is 5.77. The minimum Gasteiger partial charge on any atom is -0.468 e. The molecule has 1 aliphatic rings. The van der Waals surface area contributed by atoms with Gasteiger partial charge in [0.2, 0.25) is 5.91 Å². The molecule has 0 aromatic rings. The molecule has 16 heavy (non-hydrogen) atoms. The number of hydrogen-bond acceptors (Lipinski definition) is 4. The largest absolute Gasteiger partial charge is 0.468 e. The Labute approximate surface area is 96.1 Å². The summed E-state index contributed by atoms with van der Waals surface area (Å²) in [7, 11) is 4.84. The Morgan fingerprint density at radius 2 is 2.06 bits per heavy atom. The summed E-state index contributed by atoms with van der Waals surface area (Å²) in [5.74, 6) is 0.230. The number of rotatable bonds is 6. The molecular weight excluding hydrogens is 208 g/mol. The Morgan fingerprint density at radius 1 is 1.44 bits per heavy atom. The molecule has 0 aliphatic heterocycles. The highest BCUT2D eigenvalue weighted by Crippen LogP contribution is 2.33. The third-order valence-corrected chi connectivity index (χ3v) is 2.75. The molecule has 1 unspecified atom stereocenters. The number of nitrogens with one attached hydrogen (secondary N) is 1.